The zero-order chi connectivity index (χ0) is 12.5. The van der Waals surface area contributed by atoms with Gasteiger partial charge in [0, 0.05) is 5.56 Å². The Morgan fingerprint density at radius 2 is 2.06 bits per heavy atom. The molecule has 0 bridgehead atoms. The minimum absolute atomic E-state index is 0.953. The second kappa shape index (κ2) is 4.74. The van der Waals surface area contributed by atoms with Crippen LogP contribution in [0.1, 0.15) is 12.5 Å². The molecule has 0 aliphatic carbocycles. The normalized spacial score (nSPS) is 11.2. The minimum Gasteiger partial charge on any atom is -0.217 e. The SMILES string of the molecule is CCc1ccc(-c2cn3nc(SC)sc3n2)cc1. The number of hydrogen-bond donors (Lipinski definition) is 0. The fourth-order valence-electron chi connectivity index (χ4n) is 1.81. The summed E-state index contributed by atoms with van der Waals surface area (Å²) in [5.74, 6) is 0. The maximum absolute atomic E-state index is 4.61. The molecule has 0 radical (unpaired) electrons. The molecule has 5 heteroatoms. The molecule has 0 unspecified atom stereocenters. The number of fused-ring (bicyclic) bond motifs is 1. The largest absolute Gasteiger partial charge is 0.217 e. The minimum atomic E-state index is 0.953. The molecule has 92 valence electrons. The van der Waals surface area contributed by atoms with E-state index >= 15 is 0 Å². The summed E-state index contributed by atoms with van der Waals surface area (Å²) in [4.78, 5) is 5.57. The van der Waals surface area contributed by atoms with Gasteiger partial charge < -0.3 is 0 Å². The van der Waals surface area contributed by atoms with Crippen molar-refractivity contribution in [2.45, 2.75) is 17.7 Å². The van der Waals surface area contributed by atoms with Crippen LogP contribution in [0, 0.1) is 0 Å². The lowest BCUT2D eigenvalue weighted by Crippen LogP contribution is -1.82. The van der Waals surface area contributed by atoms with E-state index in [9.17, 15) is 0 Å². The summed E-state index contributed by atoms with van der Waals surface area (Å²) < 4.78 is 2.91. The first-order chi connectivity index (χ1) is 8.80. The van der Waals surface area contributed by atoms with Crippen LogP contribution in [-0.2, 0) is 6.42 Å². The lowest BCUT2D eigenvalue weighted by atomic mass is 10.1. The van der Waals surface area contributed by atoms with E-state index in [1.807, 2.05) is 17.0 Å². The van der Waals surface area contributed by atoms with Crippen molar-refractivity contribution in [1.29, 1.82) is 0 Å². The highest BCUT2D eigenvalue weighted by Crippen LogP contribution is 2.26. The molecule has 0 atom stereocenters. The smallest absolute Gasteiger partial charge is 0.213 e. The topological polar surface area (TPSA) is 30.2 Å². The first kappa shape index (κ1) is 11.7. The number of thioether (sulfide) groups is 1. The molecule has 2 heterocycles. The number of rotatable bonds is 3. The number of aromatic nitrogens is 3. The van der Waals surface area contributed by atoms with Gasteiger partial charge in [0.1, 0.15) is 0 Å². The Balaban J connectivity index is 1.99. The fourth-order valence-corrected chi connectivity index (χ4v) is 3.16. The molecule has 0 spiro atoms. The third-order valence-electron chi connectivity index (χ3n) is 2.86. The van der Waals surface area contributed by atoms with Crippen molar-refractivity contribution in [2.24, 2.45) is 0 Å². The highest BCUT2D eigenvalue weighted by molar-refractivity contribution is 8.00. The van der Waals surface area contributed by atoms with Crippen molar-refractivity contribution in [2.75, 3.05) is 6.26 Å². The predicted molar refractivity (Wildman–Crippen MR) is 77.5 cm³/mol. The highest BCUT2D eigenvalue weighted by Gasteiger charge is 2.08. The molecule has 0 saturated heterocycles. The summed E-state index contributed by atoms with van der Waals surface area (Å²) in [5.41, 5.74) is 3.49. The highest BCUT2D eigenvalue weighted by atomic mass is 32.2. The lowest BCUT2D eigenvalue weighted by molar-refractivity contribution is 0.916. The van der Waals surface area contributed by atoms with Crippen LogP contribution >= 0.6 is 23.1 Å². The third kappa shape index (κ3) is 2.04. The van der Waals surface area contributed by atoms with Crippen LogP contribution < -0.4 is 0 Å². The van der Waals surface area contributed by atoms with Crippen molar-refractivity contribution < 1.29 is 0 Å². The van der Waals surface area contributed by atoms with Crippen LogP contribution in [0.25, 0.3) is 16.2 Å². The molecule has 0 amide bonds. The maximum Gasteiger partial charge on any atom is 0.213 e. The zero-order valence-electron chi connectivity index (χ0n) is 10.3. The van der Waals surface area contributed by atoms with Crippen molar-refractivity contribution in [3.63, 3.8) is 0 Å². The van der Waals surface area contributed by atoms with Gasteiger partial charge in [0.25, 0.3) is 0 Å². The Labute approximate surface area is 114 Å². The Morgan fingerprint density at radius 3 is 2.67 bits per heavy atom. The van der Waals surface area contributed by atoms with E-state index in [0.29, 0.717) is 0 Å². The number of nitrogens with zero attached hydrogens (tertiary/aromatic N) is 3. The number of imidazole rings is 1. The number of hydrogen-bond acceptors (Lipinski definition) is 4. The van der Waals surface area contributed by atoms with Crippen molar-refractivity contribution in [3.8, 4) is 11.3 Å². The first-order valence-electron chi connectivity index (χ1n) is 5.79. The quantitative estimate of drug-likeness (QED) is 0.682. The summed E-state index contributed by atoms with van der Waals surface area (Å²) in [6.07, 6.45) is 5.09. The molecule has 0 N–H and O–H groups in total. The van der Waals surface area contributed by atoms with Gasteiger partial charge in [-0.3, -0.25) is 0 Å². The van der Waals surface area contributed by atoms with Crippen molar-refractivity contribution in [3.05, 3.63) is 36.0 Å². The summed E-state index contributed by atoms with van der Waals surface area (Å²) in [7, 11) is 0. The molecular formula is C13H13N3S2. The van der Waals surface area contributed by atoms with E-state index in [2.05, 4.69) is 41.3 Å². The molecule has 0 aliphatic heterocycles. The molecule has 18 heavy (non-hydrogen) atoms. The van der Waals surface area contributed by atoms with Crippen LogP contribution in [0.2, 0.25) is 0 Å². The Morgan fingerprint density at radius 1 is 1.28 bits per heavy atom. The standard InChI is InChI=1S/C13H13N3S2/c1-3-9-4-6-10(7-5-9)11-8-16-12(14-11)18-13(15-16)17-2/h4-8H,3H2,1-2H3. The van der Waals surface area contributed by atoms with E-state index in [0.717, 1.165) is 27.0 Å². The van der Waals surface area contributed by atoms with Crippen molar-refractivity contribution >= 4 is 28.1 Å². The van der Waals surface area contributed by atoms with Gasteiger partial charge in [-0.1, -0.05) is 54.3 Å². The van der Waals surface area contributed by atoms with Gasteiger partial charge in [0.05, 0.1) is 11.9 Å². The molecule has 1 aromatic carbocycles. The average molecular weight is 275 g/mol. The molecule has 3 aromatic rings. The molecular weight excluding hydrogens is 262 g/mol. The fraction of sp³-hybridized carbons (Fsp3) is 0.231. The Kier molecular flexibility index (Phi) is 3.09. The summed E-state index contributed by atoms with van der Waals surface area (Å²) >= 11 is 3.28. The Hall–Kier alpha value is -1.33. The summed E-state index contributed by atoms with van der Waals surface area (Å²) in [5, 5.41) is 4.45. The average Bonchev–Trinajstić information content (AvgIpc) is 2.96. The van der Waals surface area contributed by atoms with E-state index in [-0.39, 0.29) is 0 Å². The molecule has 3 nitrogen and oxygen atoms in total. The lowest BCUT2D eigenvalue weighted by Gasteiger charge is -1.98. The monoisotopic (exact) mass is 275 g/mol. The van der Waals surface area contributed by atoms with Crippen LogP contribution in [0.5, 0.6) is 0 Å². The summed E-state index contributed by atoms with van der Waals surface area (Å²) in [6, 6.07) is 8.56. The first-order valence-corrected chi connectivity index (χ1v) is 7.84. The zero-order valence-corrected chi connectivity index (χ0v) is 11.9. The van der Waals surface area contributed by atoms with Gasteiger partial charge in [-0.2, -0.15) is 0 Å². The van der Waals surface area contributed by atoms with E-state index < -0.39 is 0 Å². The van der Waals surface area contributed by atoms with Gasteiger partial charge in [-0.15, -0.1) is 5.10 Å². The third-order valence-corrected chi connectivity index (χ3v) is 4.76. The molecule has 0 fully saturated rings. The van der Waals surface area contributed by atoms with E-state index in [1.165, 1.54) is 5.56 Å². The molecule has 3 rings (SSSR count). The van der Waals surface area contributed by atoms with Crippen LogP contribution in [-0.4, -0.2) is 20.9 Å². The second-order valence-corrected chi connectivity index (χ2v) is 5.99. The van der Waals surface area contributed by atoms with Gasteiger partial charge in [0.2, 0.25) is 4.96 Å². The number of benzene rings is 1. The van der Waals surface area contributed by atoms with E-state index in [1.54, 1.807) is 23.1 Å². The van der Waals surface area contributed by atoms with Gasteiger partial charge in [0.15, 0.2) is 4.34 Å². The van der Waals surface area contributed by atoms with Gasteiger partial charge in [-0.25, -0.2) is 9.50 Å². The van der Waals surface area contributed by atoms with Crippen molar-refractivity contribution in [1.82, 2.24) is 14.6 Å². The van der Waals surface area contributed by atoms with Gasteiger partial charge >= 0.3 is 0 Å². The molecule has 0 aliphatic rings. The summed E-state index contributed by atoms with van der Waals surface area (Å²) in [6.45, 7) is 2.16. The molecule has 0 saturated carbocycles. The van der Waals surface area contributed by atoms with Crippen LogP contribution in [0.4, 0.5) is 0 Å². The van der Waals surface area contributed by atoms with E-state index in [4.69, 9.17) is 0 Å². The van der Waals surface area contributed by atoms with Crippen LogP contribution in [0.3, 0.4) is 0 Å². The number of aryl methyl sites for hydroxylation is 1. The van der Waals surface area contributed by atoms with Crippen LogP contribution in [0.15, 0.2) is 34.8 Å². The maximum atomic E-state index is 4.61. The predicted octanol–water partition coefficient (Wildman–Crippen LogP) is 3.74. The second-order valence-electron chi connectivity index (χ2n) is 3.98. The Bertz CT molecular complexity index is 636. The molecule has 2 aromatic heterocycles. The van der Waals surface area contributed by atoms with Gasteiger partial charge in [-0.05, 0) is 18.2 Å².